The van der Waals surface area contributed by atoms with Gasteiger partial charge in [-0.25, -0.2) is 0 Å². The summed E-state index contributed by atoms with van der Waals surface area (Å²) in [5, 5.41) is 3.46. The highest BCUT2D eigenvalue weighted by Crippen LogP contribution is 2.23. The molecule has 0 amide bonds. The first-order valence-corrected chi connectivity index (χ1v) is 5.57. The first-order valence-electron chi connectivity index (χ1n) is 5.57. The van der Waals surface area contributed by atoms with E-state index >= 15 is 0 Å². The van der Waals surface area contributed by atoms with Crippen molar-refractivity contribution >= 4 is 0 Å². The molecule has 1 aliphatic carbocycles. The maximum absolute atomic E-state index is 5.67. The minimum Gasteiger partial charge on any atom is -0.329 e. The van der Waals surface area contributed by atoms with E-state index in [9.17, 15) is 0 Å². The molecule has 3 nitrogen and oxygen atoms in total. The van der Waals surface area contributed by atoms with Crippen LogP contribution in [0.15, 0.2) is 0 Å². The van der Waals surface area contributed by atoms with Crippen LogP contribution in [0.5, 0.6) is 0 Å². The Morgan fingerprint density at radius 2 is 2.08 bits per heavy atom. The summed E-state index contributed by atoms with van der Waals surface area (Å²) in [7, 11) is 0. The van der Waals surface area contributed by atoms with E-state index in [0.717, 1.165) is 19.1 Å². The predicted molar refractivity (Wildman–Crippen MR) is 54.7 cm³/mol. The maximum atomic E-state index is 5.67. The maximum Gasteiger partial charge on any atom is 0.0318 e. The summed E-state index contributed by atoms with van der Waals surface area (Å²) in [6.07, 6.45) is 5.69. The van der Waals surface area contributed by atoms with Crippen LogP contribution in [0.4, 0.5) is 0 Å². The van der Waals surface area contributed by atoms with Gasteiger partial charge in [0.1, 0.15) is 0 Å². The molecule has 1 saturated carbocycles. The molecule has 13 heavy (non-hydrogen) atoms. The van der Waals surface area contributed by atoms with E-state index in [4.69, 9.17) is 5.73 Å². The zero-order chi connectivity index (χ0) is 9.10. The lowest BCUT2D eigenvalue weighted by Crippen LogP contribution is -2.55. The third kappa shape index (κ3) is 2.22. The number of piperazine rings is 1. The Hall–Kier alpha value is -0.120. The molecule has 1 atom stereocenters. The van der Waals surface area contributed by atoms with Crippen LogP contribution in [0.25, 0.3) is 0 Å². The van der Waals surface area contributed by atoms with E-state index < -0.39 is 0 Å². The Balaban J connectivity index is 1.84. The Kier molecular flexibility index (Phi) is 3.19. The fraction of sp³-hybridized carbons (Fsp3) is 1.00. The fourth-order valence-corrected chi connectivity index (χ4v) is 2.61. The summed E-state index contributed by atoms with van der Waals surface area (Å²) in [5.74, 6) is 0. The molecule has 3 heteroatoms. The van der Waals surface area contributed by atoms with E-state index in [-0.39, 0.29) is 0 Å². The minimum atomic E-state index is 0.536. The molecule has 0 aromatic rings. The molecule has 1 unspecified atom stereocenters. The van der Waals surface area contributed by atoms with E-state index in [2.05, 4.69) is 10.2 Å². The normalized spacial score (nSPS) is 32.5. The largest absolute Gasteiger partial charge is 0.329 e. The molecular weight excluding hydrogens is 162 g/mol. The van der Waals surface area contributed by atoms with Crippen LogP contribution in [0.2, 0.25) is 0 Å². The van der Waals surface area contributed by atoms with Gasteiger partial charge in [0.05, 0.1) is 0 Å². The monoisotopic (exact) mass is 183 g/mol. The Labute approximate surface area is 80.7 Å². The van der Waals surface area contributed by atoms with E-state index in [1.165, 1.54) is 38.8 Å². The van der Waals surface area contributed by atoms with Crippen molar-refractivity contribution in [2.75, 3.05) is 26.2 Å². The lowest BCUT2D eigenvalue weighted by molar-refractivity contribution is 0.147. The molecule has 2 fully saturated rings. The third-order valence-corrected chi connectivity index (χ3v) is 3.41. The lowest BCUT2D eigenvalue weighted by Gasteiger charge is -2.37. The van der Waals surface area contributed by atoms with Gasteiger partial charge in [-0.05, 0) is 12.8 Å². The van der Waals surface area contributed by atoms with Gasteiger partial charge >= 0.3 is 0 Å². The third-order valence-electron chi connectivity index (χ3n) is 3.41. The van der Waals surface area contributed by atoms with Crippen LogP contribution in [-0.4, -0.2) is 43.2 Å². The highest BCUT2D eigenvalue weighted by molar-refractivity contribution is 4.85. The minimum absolute atomic E-state index is 0.536. The molecule has 0 aromatic heterocycles. The summed E-state index contributed by atoms with van der Waals surface area (Å²) in [5.41, 5.74) is 5.67. The highest BCUT2D eigenvalue weighted by atomic mass is 15.2. The molecule has 1 saturated heterocycles. The Morgan fingerprint density at radius 3 is 2.77 bits per heavy atom. The summed E-state index contributed by atoms with van der Waals surface area (Å²) < 4.78 is 0. The number of nitrogens with one attached hydrogen (secondary N) is 1. The average Bonchev–Trinajstić information content (AvgIpc) is 2.71. The topological polar surface area (TPSA) is 41.3 Å². The molecule has 0 bridgehead atoms. The number of rotatable bonds is 2. The number of nitrogens with zero attached hydrogens (tertiary/aromatic N) is 1. The van der Waals surface area contributed by atoms with Gasteiger partial charge < -0.3 is 11.1 Å². The molecular formula is C10H21N3. The summed E-state index contributed by atoms with van der Waals surface area (Å²) in [6.45, 7) is 4.30. The molecule has 0 aromatic carbocycles. The summed E-state index contributed by atoms with van der Waals surface area (Å²) in [6, 6.07) is 1.41. The van der Waals surface area contributed by atoms with Crippen molar-refractivity contribution in [1.82, 2.24) is 10.2 Å². The molecule has 1 aliphatic heterocycles. The average molecular weight is 183 g/mol. The highest BCUT2D eigenvalue weighted by Gasteiger charge is 2.26. The molecule has 1 heterocycles. The SMILES string of the molecule is NCC1CN(C2CCCC2)CCN1. The van der Waals surface area contributed by atoms with E-state index in [1.54, 1.807) is 0 Å². The van der Waals surface area contributed by atoms with Gasteiger partial charge in [-0.3, -0.25) is 4.90 Å². The molecule has 0 radical (unpaired) electrons. The van der Waals surface area contributed by atoms with Gasteiger partial charge in [-0.2, -0.15) is 0 Å². The second-order valence-corrected chi connectivity index (χ2v) is 4.32. The number of hydrogen-bond acceptors (Lipinski definition) is 3. The quantitative estimate of drug-likeness (QED) is 0.641. The van der Waals surface area contributed by atoms with Crippen molar-refractivity contribution in [3.05, 3.63) is 0 Å². The zero-order valence-corrected chi connectivity index (χ0v) is 8.34. The number of hydrogen-bond donors (Lipinski definition) is 2. The lowest BCUT2D eigenvalue weighted by atomic mass is 10.1. The molecule has 3 N–H and O–H groups in total. The van der Waals surface area contributed by atoms with Gasteiger partial charge in [-0.15, -0.1) is 0 Å². The predicted octanol–water partition coefficient (Wildman–Crippen LogP) is 0.161. The number of nitrogens with two attached hydrogens (primary N) is 1. The Bertz CT molecular complexity index is 154. The second kappa shape index (κ2) is 4.40. The van der Waals surface area contributed by atoms with Crippen molar-refractivity contribution in [1.29, 1.82) is 0 Å². The molecule has 2 aliphatic rings. The molecule has 0 spiro atoms. The van der Waals surface area contributed by atoms with Crippen molar-refractivity contribution in [2.45, 2.75) is 37.8 Å². The van der Waals surface area contributed by atoms with Crippen LogP contribution < -0.4 is 11.1 Å². The fourth-order valence-electron chi connectivity index (χ4n) is 2.61. The standard InChI is InChI=1S/C10H21N3/c11-7-9-8-13(6-5-12-9)10-3-1-2-4-10/h9-10,12H,1-8,11H2. The summed E-state index contributed by atoms with van der Waals surface area (Å²) in [4.78, 5) is 2.64. The molecule has 2 rings (SSSR count). The van der Waals surface area contributed by atoms with E-state index in [0.29, 0.717) is 6.04 Å². The van der Waals surface area contributed by atoms with Gasteiger partial charge in [-0.1, -0.05) is 12.8 Å². The van der Waals surface area contributed by atoms with Crippen LogP contribution in [0, 0.1) is 0 Å². The van der Waals surface area contributed by atoms with Crippen LogP contribution in [-0.2, 0) is 0 Å². The Morgan fingerprint density at radius 1 is 1.31 bits per heavy atom. The van der Waals surface area contributed by atoms with Gasteiger partial charge in [0.15, 0.2) is 0 Å². The van der Waals surface area contributed by atoms with Crippen molar-refractivity contribution < 1.29 is 0 Å². The van der Waals surface area contributed by atoms with Crippen molar-refractivity contribution in [3.8, 4) is 0 Å². The molecule has 76 valence electrons. The van der Waals surface area contributed by atoms with Crippen LogP contribution in [0.3, 0.4) is 0 Å². The van der Waals surface area contributed by atoms with E-state index in [1.807, 2.05) is 0 Å². The summed E-state index contributed by atoms with van der Waals surface area (Å²) >= 11 is 0. The van der Waals surface area contributed by atoms with Crippen molar-refractivity contribution in [2.24, 2.45) is 5.73 Å². The van der Waals surface area contributed by atoms with Gasteiger partial charge in [0.25, 0.3) is 0 Å². The first-order chi connectivity index (χ1) is 6.40. The second-order valence-electron chi connectivity index (χ2n) is 4.32. The zero-order valence-electron chi connectivity index (χ0n) is 8.34. The first kappa shape index (κ1) is 9.44. The van der Waals surface area contributed by atoms with Gasteiger partial charge in [0.2, 0.25) is 0 Å². The smallest absolute Gasteiger partial charge is 0.0318 e. The van der Waals surface area contributed by atoms with Crippen molar-refractivity contribution in [3.63, 3.8) is 0 Å². The van der Waals surface area contributed by atoms with Crippen LogP contribution >= 0.6 is 0 Å². The van der Waals surface area contributed by atoms with Gasteiger partial charge in [0, 0.05) is 38.3 Å². The van der Waals surface area contributed by atoms with Crippen LogP contribution in [0.1, 0.15) is 25.7 Å².